The van der Waals surface area contributed by atoms with E-state index in [1.54, 1.807) is 12.1 Å². The summed E-state index contributed by atoms with van der Waals surface area (Å²) in [5.74, 6) is -1.01. The van der Waals surface area contributed by atoms with Crippen molar-refractivity contribution < 1.29 is 9.90 Å². The van der Waals surface area contributed by atoms with Gasteiger partial charge in [0, 0.05) is 5.33 Å². The predicted molar refractivity (Wildman–Crippen MR) is 53.6 cm³/mol. The molecule has 0 saturated carbocycles. The lowest BCUT2D eigenvalue weighted by atomic mass is 10.1. The van der Waals surface area contributed by atoms with Gasteiger partial charge in [0.1, 0.15) is 6.04 Å². The molecule has 0 aliphatic heterocycles. The van der Waals surface area contributed by atoms with Crippen LogP contribution in [0, 0.1) is 0 Å². The fourth-order valence-corrected chi connectivity index (χ4v) is 1.33. The Morgan fingerprint density at radius 2 is 2.00 bits per heavy atom. The van der Waals surface area contributed by atoms with Crippen LogP contribution in [0.2, 0.25) is 0 Å². The van der Waals surface area contributed by atoms with Gasteiger partial charge in [-0.1, -0.05) is 40.2 Å². The van der Waals surface area contributed by atoms with Gasteiger partial charge in [0.15, 0.2) is 0 Å². The molecular weight excluding hydrogens is 234 g/mol. The Kier molecular flexibility index (Phi) is 3.45. The van der Waals surface area contributed by atoms with Gasteiger partial charge in [0.05, 0.1) is 0 Å². The Balaban J connectivity index is 2.85. The first-order valence-electron chi connectivity index (χ1n) is 3.78. The predicted octanol–water partition coefficient (Wildman–Crippen LogP) is 1.67. The number of hydrogen-bond acceptors (Lipinski definition) is 2. The highest BCUT2D eigenvalue weighted by Crippen LogP contribution is 2.13. The molecule has 3 nitrogen and oxygen atoms in total. The lowest BCUT2D eigenvalue weighted by molar-refractivity contribution is -0.138. The molecule has 0 heterocycles. The molecule has 1 aromatic carbocycles. The molecule has 0 aromatic heterocycles. The van der Waals surface area contributed by atoms with Gasteiger partial charge in [0.25, 0.3) is 0 Å². The molecule has 1 unspecified atom stereocenters. The van der Waals surface area contributed by atoms with E-state index in [2.05, 4.69) is 15.9 Å². The first-order valence-corrected chi connectivity index (χ1v) is 4.90. The molecule has 1 atom stereocenters. The molecule has 1 aromatic rings. The molecule has 4 heteroatoms. The summed E-state index contributed by atoms with van der Waals surface area (Å²) in [6.45, 7) is 0. The third-order valence-electron chi connectivity index (χ3n) is 1.76. The van der Waals surface area contributed by atoms with Crippen LogP contribution in [-0.4, -0.2) is 11.1 Å². The fraction of sp³-hybridized carbons (Fsp3) is 0.222. The second-order valence-electron chi connectivity index (χ2n) is 2.69. The summed E-state index contributed by atoms with van der Waals surface area (Å²) in [4.78, 5) is 10.5. The van der Waals surface area contributed by atoms with Crippen molar-refractivity contribution in [3.05, 3.63) is 35.4 Å². The molecule has 0 aliphatic rings. The van der Waals surface area contributed by atoms with Crippen LogP contribution in [0.1, 0.15) is 17.2 Å². The van der Waals surface area contributed by atoms with Gasteiger partial charge >= 0.3 is 5.97 Å². The van der Waals surface area contributed by atoms with E-state index in [0.717, 1.165) is 10.9 Å². The minimum Gasteiger partial charge on any atom is -0.480 e. The molecule has 0 amide bonds. The number of carbonyl (C=O) groups is 1. The first-order chi connectivity index (χ1) is 6.15. The summed E-state index contributed by atoms with van der Waals surface area (Å²) in [6, 6.07) is 6.24. The van der Waals surface area contributed by atoms with E-state index in [-0.39, 0.29) is 0 Å². The smallest absolute Gasteiger partial charge is 0.325 e. The van der Waals surface area contributed by atoms with Gasteiger partial charge < -0.3 is 10.8 Å². The fourth-order valence-electron chi connectivity index (χ4n) is 0.957. The summed E-state index contributed by atoms with van der Waals surface area (Å²) in [6.07, 6.45) is 0. The van der Waals surface area contributed by atoms with Crippen LogP contribution in [0.5, 0.6) is 0 Å². The minimum atomic E-state index is -1.01. The minimum absolute atomic E-state index is 0.622. The van der Waals surface area contributed by atoms with E-state index in [4.69, 9.17) is 10.8 Å². The molecule has 0 aliphatic carbocycles. The molecule has 0 spiro atoms. The van der Waals surface area contributed by atoms with Crippen molar-refractivity contribution in [2.45, 2.75) is 11.4 Å². The average molecular weight is 244 g/mol. The van der Waals surface area contributed by atoms with E-state index in [1.165, 1.54) is 0 Å². The number of benzene rings is 1. The van der Waals surface area contributed by atoms with Crippen molar-refractivity contribution in [1.82, 2.24) is 0 Å². The highest BCUT2D eigenvalue weighted by Gasteiger charge is 2.13. The van der Waals surface area contributed by atoms with Gasteiger partial charge in [-0.25, -0.2) is 0 Å². The standard InChI is InChI=1S/C9H10BrNO2/c10-5-6-1-3-7(4-2-6)8(11)9(12)13/h1-4,8H,5,11H2,(H,12,13). The second-order valence-corrected chi connectivity index (χ2v) is 3.25. The number of rotatable bonds is 3. The van der Waals surface area contributed by atoms with Crippen molar-refractivity contribution in [2.75, 3.05) is 0 Å². The summed E-state index contributed by atoms with van der Waals surface area (Å²) < 4.78 is 0. The second kappa shape index (κ2) is 4.39. The Bertz CT molecular complexity index is 297. The van der Waals surface area contributed by atoms with Crippen LogP contribution in [-0.2, 0) is 10.1 Å². The SMILES string of the molecule is NC(C(=O)O)c1ccc(CBr)cc1. The van der Waals surface area contributed by atoms with Gasteiger partial charge in [-0.3, -0.25) is 4.79 Å². The van der Waals surface area contributed by atoms with Crippen molar-refractivity contribution in [3.8, 4) is 0 Å². The number of hydrogen-bond donors (Lipinski definition) is 2. The van der Waals surface area contributed by atoms with E-state index in [1.807, 2.05) is 12.1 Å². The van der Waals surface area contributed by atoms with Gasteiger partial charge in [-0.05, 0) is 11.1 Å². The monoisotopic (exact) mass is 243 g/mol. The molecule has 0 radical (unpaired) electrons. The van der Waals surface area contributed by atoms with Crippen LogP contribution in [0.4, 0.5) is 0 Å². The Morgan fingerprint density at radius 1 is 1.46 bits per heavy atom. The van der Waals surface area contributed by atoms with Gasteiger partial charge in [-0.2, -0.15) is 0 Å². The van der Waals surface area contributed by atoms with Crippen LogP contribution < -0.4 is 5.73 Å². The van der Waals surface area contributed by atoms with Crippen LogP contribution in [0.15, 0.2) is 24.3 Å². The summed E-state index contributed by atoms with van der Waals surface area (Å²) in [5, 5.41) is 9.39. The third kappa shape index (κ3) is 2.54. The van der Waals surface area contributed by atoms with Crippen molar-refractivity contribution in [3.63, 3.8) is 0 Å². The summed E-state index contributed by atoms with van der Waals surface area (Å²) in [7, 11) is 0. The Morgan fingerprint density at radius 3 is 2.38 bits per heavy atom. The highest BCUT2D eigenvalue weighted by molar-refractivity contribution is 9.08. The third-order valence-corrected chi connectivity index (χ3v) is 2.41. The molecular formula is C9H10BrNO2. The number of carboxylic acid groups (broad SMARTS) is 1. The van der Waals surface area contributed by atoms with Crippen molar-refractivity contribution in [2.24, 2.45) is 5.73 Å². The maximum atomic E-state index is 10.5. The molecule has 70 valence electrons. The molecule has 0 fully saturated rings. The summed E-state index contributed by atoms with van der Waals surface area (Å²) in [5.41, 5.74) is 7.14. The van der Waals surface area contributed by atoms with Gasteiger partial charge in [-0.15, -0.1) is 0 Å². The van der Waals surface area contributed by atoms with E-state index < -0.39 is 12.0 Å². The highest BCUT2D eigenvalue weighted by atomic mass is 79.9. The maximum Gasteiger partial charge on any atom is 0.325 e. The lowest BCUT2D eigenvalue weighted by Gasteiger charge is -2.06. The topological polar surface area (TPSA) is 63.3 Å². The number of aliphatic carboxylic acids is 1. The lowest BCUT2D eigenvalue weighted by Crippen LogP contribution is -2.20. The summed E-state index contributed by atoms with van der Waals surface area (Å²) >= 11 is 3.30. The van der Waals surface area contributed by atoms with Crippen molar-refractivity contribution in [1.29, 1.82) is 0 Å². The number of carboxylic acids is 1. The average Bonchev–Trinajstić information content (AvgIpc) is 2.17. The first kappa shape index (κ1) is 10.2. The quantitative estimate of drug-likeness (QED) is 0.795. The van der Waals surface area contributed by atoms with Crippen LogP contribution in [0.25, 0.3) is 0 Å². The zero-order valence-corrected chi connectivity index (χ0v) is 8.49. The van der Waals surface area contributed by atoms with E-state index >= 15 is 0 Å². The zero-order valence-electron chi connectivity index (χ0n) is 6.90. The number of nitrogens with two attached hydrogens (primary N) is 1. The molecule has 1 rings (SSSR count). The molecule has 13 heavy (non-hydrogen) atoms. The molecule has 0 saturated heterocycles. The van der Waals surface area contributed by atoms with Crippen LogP contribution in [0.3, 0.4) is 0 Å². The zero-order chi connectivity index (χ0) is 9.84. The van der Waals surface area contributed by atoms with Crippen molar-refractivity contribution >= 4 is 21.9 Å². The van der Waals surface area contributed by atoms with E-state index in [9.17, 15) is 4.79 Å². The number of alkyl halides is 1. The van der Waals surface area contributed by atoms with Gasteiger partial charge in [0.2, 0.25) is 0 Å². The largest absolute Gasteiger partial charge is 0.480 e. The normalized spacial score (nSPS) is 12.5. The molecule has 0 bridgehead atoms. The maximum absolute atomic E-state index is 10.5. The van der Waals surface area contributed by atoms with Crippen LogP contribution >= 0.6 is 15.9 Å². The number of halogens is 1. The molecule has 3 N–H and O–H groups in total. The van der Waals surface area contributed by atoms with E-state index in [0.29, 0.717) is 5.56 Å². The Labute approximate surface area is 84.7 Å². The Hall–Kier alpha value is -0.870.